The largest absolute Gasteiger partial charge is 0.488 e. The fraction of sp³-hybridized carbons (Fsp3) is 0.0417. The van der Waals surface area contributed by atoms with E-state index in [1.54, 1.807) is 48.5 Å². The predicted molar refractivity (Wildman–Crippen MR) is 138 cm³/mol. The van der Waals surface area contributed by atoms with Crippen molar-refractivity contribution in [2.45, 2.75) is 6.61 Å². The molecule has 10 heteroatoms. The van der Waals surface area contributed by atoms with Gasteiger partial charge in [0.05, 0.1) is 20.2 Å². The van der Waals surface area contributed by atoms with E-state index in [2.05, 4.69) is 21.2 Å². The van der Waals surface area contributed by atoms with Gasteiger partial charge >= 0.3 is 0 Å². The zero-order valence-electron chi connectivity index (χ0n) is 17.2. The van der Waals surface area contributed by atoms with Gasteiger partial charge in [-0.1, -0.05) is 47.5 Å². The van der Waals surface area contributed by atoms with Crippen LogP contribution in [0.3, 0.4) is 0 Å². The summed E-state index contributed by atoms with van der Waals surface area (Å²) in [5.74, 6) is -1.04. The summed E-state index contributed by atoms with van der Waals surface area (Å²) in [7, 11) is 0. The van der Waals surface area contributed by atoms with E-state index in [-0.39, 0.29) is 38.8 Å². The van der Waals surface area contributed by atoms with Crippen molar-refractivity contribution in [1.29, 1.82) is 0 Å². The Morgan fingerprint density at radius 2 is 1.82 bits per heavy atom. The fourth-order valence-electron chi connectivity index (χ4n) is 3.17. The Morgan fingerprint density at radius 3 is 2.53 bits per heavy atom. The highest BCUT2D eigenvalue weighted by molar-refractivity contribution is 9.10. The van der Waals surface area contributed by atoms with Crippen molar-refractivity contribution in [3.8, 4) is 5.75 Å². The number of nitrogens with zero attached hydrogens (tertiary/aromatic N) is 1. The normalized spacial score (nSPS) is 15.0. The quantitative estimate of drug-likeness (QED) is 0.219. The van der Waals surface area contributed by atoms with E-state index < -0.39 is 11.8 Å². The molecule has 0 spiro atoms. The first-order chi connectivity index (χ1) is 16.2. The molecule has 3 aromatic rings. The lowest BCUT2D eigenvalue weighted by atomic mass is 10.1. The molecule has 1 N–H and O–H groups in total. The Hall–Kier alpha value is -2.78. The van der Waals surface area contributed by atoms with Gasteiger partial charge in [-0.2, -0.15) is 0 Å². The first kappa shape index (κ1) is 24.3. The van der Waals surface area contributed by atoms with Crippen LogP contribution in [0, 0.1) is 5.82 Å². The number of rotatable bonds is 5. The summed E-state index contributed by atoms with van der Waals surface area (Å²) in [6.07, 6.45) is 1.44. The van der Waals surface area contributed by atoms with Gasteiger partial charge in [-0.25, -0.2) is 4.39 Å². The minimum atomic E-state index is -0.634. The third-order valence-electron chi connectivity index (χ3n) is 4.85. The monoisotopic (exact) mass is 578 g/mol. The highest BCUT2D eigenvalue weighted by atomic mass is 79.9. The average molecular weight is 580 g/mol. The molecule has 5 nitrogen and oxygen atoms in total. The summed E-state index contributed by atoms with van der Waals surface area (Å²) < 4.78 is 19.4. The summed E-state index contributed by atoms with van der Waals surface area (Å²) in [6.45, 7) is 0.243. The fourth-order valence-corrected chi connectivity index (χ4v) is 4.34. The van der Waals surface area contributed by atoms with Crippen LogP contribution in [0.5, 0.6) is 5.75 Å². The molecule has 0 unspecified atom stereocenters. The van der Waals surface area contributed by atoms with Crippen LogP contribution >= 0.6 is 51.3 Å². The van der Waals surface area contributed by atoms with Gasteiger partial charge in [0.15, 0.2) is 5.11 Å². The number of carbonyl (C=O) groups is 2. The molecule has 0 radical (unpaired) electrons. The molecule has 0 aromatic heterocycles. The smallest absolute Gasteiger partial charge is 0.270 e. The van der Waals surface area contributed by atoms with Crippen molar-refractivity contribution in [2.75, 3.05) is 4.90 Å². The number of benzene rings is 3. The number of hydrogen-bond donors (Lipinski definition) is 1. The molecule has 0 saturated carbocycles. The van der Waals surface area contributed by atoms with Gasteiger partial charge < -0.3 is 4.74 Å². The van der Waals surface area contributed by atoms with Gasteiger partial charge in [-0.15, -0.1) is 0 Å². The van der Waals surface area contributed by atoms with Crippen molar-refractivity contribution in [1.82, 2.24) is 5.32 Å². The van der Waals surface area contributed by atoms with Crippen LogP contribution in [0.25, 0.3) is 6.08 Å². The number of anilines is 1. The summed E-state index contributed by atoms with van der Waals surface area (Å²) in [5, 5.41) is 2.80. The lowest BCUT2D eigenvalue weighted by Crippen LogP contribution is -2.54. The molecule has 172 valence electrons. The van der Waals surface area contributed by atoms with Crippen molar-refractivity contribution < 1.29 is 18.7 Å². The summed E-state index contributed by atoms with van der Waals surface area (Å²) in [6, 6.07) is 15.9. The Labute approximate surface area is 218 Å². The van der Waals surface area contributed by atoms with E-state index in [9.17, 15) is 14.0 Å². The van der Waals surface area contributed by atoms with E-state index in [4.69, 9.17) is 40.2 Å². The van der Waals surface area contributed by atoms with Gasteiger partial charge in [0.1, 0.15) is 23.7 Å². The van der Waals surface area contributed by atoms with Crippen LogP contribution in [0.2, 0.25) is 10.0 Å². The van der Waals surface area contributed by atoms with Gasteiger partial charge in [-0.3, -0.25) is 19.8 Å². The number of halogens is 4. The van der Waals surface area contributed by atoms with Gasteiger partial charge in [0.2, 0.25) is 0 Å². The molecule has 1 heterocycles. The van der Waals surface area contributed by atoms with Crippen molar-refractivity contribution in [2.24, 2.45) is 0 Å². The Balaban J connectivity index is 1.58. The van der Waals surface area contributed by atoms with Crippen LogP contribution < -0.4 is 15.0 Å². The molecule has 1 aliphatic heterocycles. The van der Waals surface area contributed by atoms with E-state index >= 15 is 0 Å². The second-order valence-corrected chi connectivity index (χ2v) is 9.16. The number of nitrogens with one attached hydrogen (secondary N) is 1. The van der Waals surface area contributed by atoms with Crippen LogP contribution in [0.1, 0.15) is 11.1 Å². The van der Waals surface area contributed by atoms with Gasteiger partial charge in [-0.05, 0) is 81.7 Å². The van der Waals surface area contributed by atoms with Crippen LogP contribution in [-0.2, 0) is 16.2 Å². The van der Waals surface area contributed by atoms with E-state index in [1.165, 1.54) is 18.2 Å². The standard InChI is InChI=1S/C24H14BrCl2FN2O3S/c25-17-11-14(6-9-20(17)33-12-13-4-7-15(28)8-5-13)10-16-22(31)29-24(34)30(23(16)32)19-3-1-2-18(26)21(19)27/h1-11H,12H2,(H,29,31,34)/b16-10+. The zero-order chi connectivity index (χ0) is 24.4. The molecule has 3 aromatic carbocycles. The minimum absolute atomic E-state index is 0.0953. The molecular formula is C24H14BrCl2FN2O3S. The Kier molecular flexibility index (Phi) is 7.33. The van der Waals surface area contributed by atoms with E-state index in [0.717, 1.165) is 10.5 Å². The summed E-state index contributed by atoms with van der Waals surface area (Å²) in [4.78, 5) is 26.9. The SMILES string of the molecule is O=C1NC(=S)N(c2cccc(Cl)c2Cl)C(=O)/C1=C/c1ccc(OCc2ccc(F)cc2)c(Br)c1. The molecule has 1 fully saturated rings. The van der Waals surface area contributed by atoms with Crippen LogP contribution in [0.15, 0.2) is 70.7 Å². The second-order valence-electron chi connectivity index (χ2n) is 7.14. The maximum atomic E-state index is 13.2. The number of hydrogen-bond acceptors (Lipinski definition) is 4. The highest BCUT2D eigenvalue weighted by Gasteiger charge is 2.35. The average Bonchev–Trinajstić information content (AvgIpc) is 2.80. The number of amides is 2. The number of carbonyl (C=O) groups excluding carboxylic acids is 2. The Bertz CT molecular complexity index is 1350. The maximum absolute atomic E-state index is 13.2. The van der Waals surface area contributed by atoms with Crippen LogP contribution in [-0.4, -0.2) is 16.9 Å². The van der Waals surface area contributed by atoms with E-state index in [1.807, 2.05) is 0 Å². The molecule has 0 aliphatic carbocycles. The summed E-state index contributed by atoms with van der Waals surface area (Å²) >= 11 is 21.0. The predicted octanol–water partition coefficient (Wildman–Crippen LogP) is 6.31. The molecule has 1 saturated heterocycles. The van der Waals surface area contributed by atoms with E-state index in [0.29, 0.717) is 15.8 Å². The topological polar surface area (TPSA) is 58.6 Å². The minimum Gasteiger partial charge on any atom is -0.488 e. The second kappa shape index (κ2) is 10.2. The Morgan fingerprint density at radius 1 is 1.09 bits per heavy atom. The van der Waals surface area contributed by atoms with Crippen molar-refractivity contribution in [3.05, 3.63) is 97.7 Å². The lowest BCUT2D eigenvalue weighted by molar-refractivity contribution is -0.122. The molecular weight excluding hydrogens is 566 g/mol. The molecule has 34 heavy (non-hydrogen) atoms. The number of ether oxygens (including phenoxy) is 1. The lowest BCUT2D eigenvalue weighted by Gasteiger charge is -2.29. The first-order valence-electron chi connectivity index (χ1n) is 9.77. The molecule has 1 aliphatic rings. The molecule has 0 atom stereocenters. The molecule has 2 amide bonds. The third kappa shape index (κ3) is 5.15. The zero-order valence-corrected chi connectivity index (χ0v) is 21.1. The summed E-state index contributed by atoms with van der Waals surface area (Å²) in [5.41, 5.74) is 1.52. The first-order valence-corrected chi connectivity index (χ1v) is 11.7. The molecule has 4 rings (SSSR count). The van der Waals surface area contributed by atoms with Crippen molar-refractivity contribution >= 4 is 80.0 Å². The maximum Gasteiger partial charge on any atom is 0.270 e. The van der Waals surface area contributed by atoms with Gasteiger partial charge in [0, 0.05) is 0 Å². The highest BCUT2D eigenvalue weighted by Crippen LogP contribution is 2.35. The van der Waals surface area contributed by atoms with Crippen molar-refractivity contribution in [3.63, 3.8) is 0 Å². The number of thiocarbonyl (C=S) groups is 1. The third-order valence-corrected chi connectivity index (χ3v) is 6.56. The molecule has 0 bridgehead atoms. The van der Waals surface area contributed by atoms with Crippen LogP contribution in [0.4, 0.5) is 10.1 Å². The van der Waals surface area contributed by atoms with Gasteiger partial charge in [0.25, 0.3) is 11.8 Å².